The number of carbonyl (C=O) groups is 1. The molecule has 1 heterocycles. The molecule has 1 saturated carbocycles. The molecule has 0 aliphatic heterocycles. The SMILES string of the molecule is CC1(C2CCCC2)Cc2cc(OCc3cccnc3)c(Cl)c(Cl)c2C1=O. The highest BCUT2D eigenvalue weighted by Gasteiger charge is 2.49. The molecule has 1 atom stereocenters. The van der Waals surface area contributed by atoms with E-state index in [2.05, 4.69) is 11.9 Å². The Morgan fingerprint density at radius 2 is 2.04 bits per heavy atom. The number of fused-ring (bicyclic) bond motifs is 1. The van der Waals surface area contributed by atoms with E-state index in [1.165, 1.54) is 12.8 Å². The highest BCUT2D eigenvalue weighted by Crippen LogP contribution is 2.52. The van der Waals surface area contributed by atoms with Gasteiger partial charge in [-0.2, -0.15) is 0 Å². The summed E-state index contributed by atoms with van der Waals surface area (Å²) >= 11 is 12.9. The van der Waals surface area contributed by atoms with E-state index in [-0.39, 0.29) is 11.2 Å². The second-order valence-electron chi connectivity index (χ2n) is 7.59. The van der Waals surface area contributed by atoms with Crippen LogP contribution in [-0.2, 0) is 13.0 Å². The Kier molecular flexibility index (Phi) is 4.70. The number of ether oxygens (including phenoxy) is 1. The Bertz CT molecular complexity index is 847. The van der Waals surface area contributed by atoms with E-state index in [1.807, 2.05) is 18.2 Å². The van der Waals surface area contributed by atoms with Gasteiger partial charge in [0, 0.05) is 28.9 Å². The molecule has 2 aromatic rings. The van der Waals surface area contributed by atoms with Crippen molar-refractivity contribution in [3.8, 4) is 5.75 Å². The minimum atomic E-state index is -0.367. The van der Waals surface area contributed by atoms with Gasteiger partial charge in [-0.15, -0.1) is 0 Å². The summed E-state index contributed by atoms with van der Waals surface area (Å²) in [4.78, 5) is 17.3. The van der Waals surface area contributed by atoms with Crippen LogP contribution in [0.5, 0.6) is 5.75 Å². The quantitative estimate of drug-likeness (QED) is 0.652. The van der Waals surface area contributed by atoms with Crippen molar-refractivity contribution in [2.75, 3.05) is 0 Å². The summed E-state index contributed by atoms with van der Waals surface area (Å²) in [7, 11) is 0. The average Bonchev–Trinajstić information content (AvgIpc) is 3.26. The summed E-state index contributed by atoms with van der Waals surface area (Å²) in [5.41, 5.74) is 2.14. The number of aromatic nitrogens is 1. The van der Waals surface area contributed by atoms with E-state index in [4.69, 9.17) is 27.9 Å². The lowest BCUT2D eigenvalue weighted by atomic mass is 9.73. The topological polar surface area (TPSA) is 39.2 Å². The van der Waals surface area contributed by atoms with Gasteiger partial charge in [-0.3, -0.25) is 9.78 Å². The molecule has 0 saturated heterocycles. The molecule has 3 nitrogen and oxygen atoms in total. The first-order valence-electron chi connectivity index (χ1n) is 9.08. The monoisotopic (exact) mass is 389 g/mol. The molecule has 1 unspecified atom stereocenters. The zero-order valence-electron chi connectivity index (χ0n) is 14.7. The van der Waals surface area contributed by atoms with Crippen molar-refractivity contribution in [3.05, 3.63) is 57.3 Å². The highest BCUT2D eigenvalue weighted by molar-refractivity contribution is 6.45. The average molecular weight is 390 g/mol. The summed E-state index contributed by atoms with van der Waals surface area (Å²) in [5, 5.41) is 0.649. The van der Waals surface area contributed by atoms with Crippen LogP contribution in [0.3, 0.4) is 0 Å². The van der Waals surface area contributed by atoms with E-state index < -0.39 is 0 Å². The predicted molar refractivity (Wildman–Crippen MR) is 103 cm³/mol. The largest absolute Gasteiger partial charge is 0.487 e. The van der Waals surface area contributed by atoms with Crippen LogP contribution in [-0.4, -0.2) is 10.8 Å². The van der Waals surface area contributed by atoms with Crippen LogP contribution in [0.4, 0.5) is 0 Å². The van der Waals surface area contributed by atoms with Gasteiger partial charge in [-0.1, -0.05) is 49.0 Å². The summed E-state index contributed by atoms with van der Waals surface area (Å²) in [6, 6.07) is 5.70. The molecule has 0 bridgehead atoms. The molecular formula is C21H21Cl2NO2. The number of hydrogen-bond donors (Lipinski definition) is 0. The number of Topliss-reactive ketones (excluding diaryl/α,β-unsaturated/α-hetero) is 1. The van der Waals surface area contributed by atoms with E-state index in [9.17, 15) is 4.79 Å². The number of rotatable bonds is 4. The maximum absolute atomic E-state index is 13.2. The summed E-state index contributed by atoms with van der Waals surface area (Å²) in [5.74, 6) is 1.10. The Hall–Kier alpha value is -1.58. The van der Waals surface area contributed by atoms with Crippen LogP contribution >= 0.6 is 23.2 Å². The summed E-state index contributed by atoms with van der Waals surface area (Å²) < 4.78 is 5.89. The van der Waals surface area contributed by atoms with E-state index in [1.54, 1.807) is 12.4 Å². The van der Waals surface area contributed by atoms with Gasteiger partial charge >= 0.3 is 0 Å². The standard InChI is InChI=1S/C21H21Cl2NO2/c1-21(15-6-2-3-7-15)10-14-9-16(18(22)19(23)17(14)20(21)25)26-12-13-5-4-8-24-11-13/h4-5,8-9,11,15H,2-3,6-7,10,12H2,1H3. The summed E-state index contributed by atoms with van der Waals surface area (Å²) in [6.07, 6.45) is 8.83. The first-order chi connectivity index (χ1) is 12.5. The van der Waals surface area contributed by atoms with Gasteiger partial charge < -0.3 is 4.74 Å². The fourth-order valence-corrected chi connectivity index (χ4v) is 4.95. The predicted octanol–water partition coefficient (Wildman–Crippen LogP) is 5.90. The third-order valence-corrected chi connectivity index (χ3v) is 6.78. The van der Waals surface area contributed by atoms with Gasteiger partial charge in [0.15, 0.2) is 5.78 Å². The minimum Gasteiger partial charge on any atom is -0.487 e. The number of carbonyl (C=O) groups excluding carboxylic acids is 1. The molecule has 1 fully saturated rings. The van der Waals surface area contributed by atoms with Crippen molar-refractivity contribution in [1.29, 1.82) is 0 Å². The Morgan fingerprint density at radius 1 is 1.27 bits per heavy atom. The fraction of sp³-hybridized carbons (Fsp3) is 0.429. The molecule has 5 heteroatoms. The highest BCUT2D eigenvalue weighted by atomic mass is 35.5. The lowest BCUT2D eigenvalue weighted by Gasteiger charge is -2.29. The number of benzene rings is 1. The van der Waals surface area contributed by atoms with Gasteiger partial charge in [0.25, 0.3) is 0 Å². The van der Waals surface area contributed by atoms with Crippen molar-refractivity contribution in [2.45, 2.75) is 45.6 Å². The van der Waals surface area contributed by atoms with Crippen molar-refractivity contribution in [1.82, 2.24) is 4.98 Å². The maximum Gasteiger partial charge on any atom is 0.171 e. The van der Waals surface area contributed by atoms with E-state index >= 15 is 0 Å². The second-order valence-corrected chi connectivity index (χ2v) is 8.35. The molecule has 0 spiro atoms. The Morgan fingerprint density at radius 3 is 2.73 bits per heavy atom. The van der Waals surface area contributed by atoms with Crippen molar-refractivity contribution in [3.63, 3.8) is 0 Å². The van der Waals surface area contributed by atoms with Gasteiger partial charge in [0.2, 0.25) is 0 Å². The molecule has 0 radical (unpaired) electrons. The van der Waals surface area contributed by atoms with Gasteiger partial charge in [-0.25, -0.2) is 0 Å². The lowest BCUT2D eigenvalue weighted by Crippen LogP contribution is -2.32. The molecule has 1 aromatic heterocycles. The van der Waals surface area contributed by atoms with Crippen LogP contribution in [0.2, 0.25) is 10.0 Å². The smallest absolute Gasteiger partial charge is 0.171 e. The van der Waals surface area contributed by atoms with E-state index in [0.717, 1.165) is 24.0 Å². The molecule has 0 amide bonds. The molecule has 4 rings (SSSR count). The maximum atomic E-state index is 13.2. The number of hydrogen-bond acceptors (Lipinski definition) is 3. The van der Waals surface area contributed by atoms with Crippen molar-refractivity contribution < 1.29 is 9.53 Å². The number of nitrogens with zero attached hydrogens (tertiary/aromatic N) is 1. The van der Waals surface area contributed by atoms with Crippen LogP contribution in [0.1, 0.15) is 54.1 Å². The molecule has 26 heavy (non-hydrogen) atoms. The molecule has 2 aliphatic rings. The molecular weight excluding hydrogens is 369 g/mol. The zero-order valence-corrected chi connectivity index (χ0v) is 16.2. The van der Waals surface area contributed by atoms with E-state index in [0.29, 0.717) is 40.3 Å². The third-order valence-electron chi connectivity index (χ3n) is 5.93. The Labute approximate surface area is 163 Å². The van der Waals surface area contributed by atoms with Crippen LogP contribution < -0.4 is 4.74 Å². The van der Waals surface area contributed by atoms with Crippen LogP contribution in [0.25, 0.3) is 0 Å². The molecule has 2 aliphatic carbocycles. The van der Waals surface area contributed by atoms with Gasteiger partial charge in [0.1, 0.15) is 17.4 Å². The number of ketones is 1. The number of pyridine rings is 1. The Balaban J connectivity index is 1.64. The summed E-state index contributed by atoms with van der Waals surface area (Å²) in [6.45, 7) is 2.45. The minimum absolute atomic E-state index is 0.144. The van der Waals surface area contributed by atoms with Gasteiger partial charge in [-0.05, 0) is 42.9 Å². The molecule has 136 valence electrons. The van der Waals surface area contributed by atoms with Crippen LogP contribution in [0.15, 0.2) is 30.6 Å². The van der Waals surface area contributed by atoms with Crippen molar-refractivity contribution >= 4 is 29.0 Å². The molecule has 1 aromatic carbocycles. The first kappa shape index (κ1) is 17.8. The zero-order chi connectivity index (χ0) is 18.3. The van der Waals surface area contributed by atoms with Crippen molar-refractivity contribution in [2.24, 2.45) is 11.3 Å². The molecule has 0 N–H and O–H groups in total. The van der Waals surface area contributed by atoms with Gasteiger partial charge in [0.05, 0.1) is 5.02 Å². The normalized spacial score (nSPS) is 22.7. The van der Waals surface area contributed by atoms with Crippen LogP contribution in [0, 0.1) is 11.3 Å². The first-order valence-corrected chi connectivity index (χ1v) is 9.83. The lowest BCUT2D eigenvalue weighted by molar-refractivity contribution is 0.0744. The number of halogens is 2. The third kappa shape index (κ3) is 2.91. The fourth-order valence-electron chi connectivity index (χ4n) is 4.44. The second kappa shape index (κ2) is 6.86.